The molecule has 0 N–H and O–H groups in total. The molecule has 0 aliphatic rings. The van der Waals surface area contributed by atoms with Crippen LogP contribution in [0, 0.1) is 0 Å². The first-order valence-electron chi connectivity index (χ1n) is 4.80. The van der Waals surface area contributed by atoms with E-state index < -0.39 is 0 Å². The second-order valence-electron chi connectivity index (χ2n) is 3.21. The number of azide groups is 1. The van der Waals surface area contributed by atoms with Crippen LogP contribution >= 0.6 is 0 Å². The number of rotatable bonds is 3. The van der Waals surface area contributed by atoms with Crippen molar-refractivity contribution in [1.82, 2.24) is 4.98 Å². The highest BCUT2D eigenvalue weighted by atomic mass is 15.2. The second kappa shape index (κ2) is 4.91. The standard InChI is InChI=1S/C11H10N5/c12-15-14-9-16-7-3-11(4-8-16)10-1-5-13-6-2-10/h1-8H,9H2/q+1. The number of hydrogen-bond acceptors (Lipinski definition) is 2. The van der Waals surface area contributed by atoms with Gasteiger partial charge in [-0.05, 0) is 33.9 Å². The van der Waals surface area contributed by atoms with Crippen LogP contribution in [0.1, 0.15) is 0 Å². The van der Waals surface area contributed by atoms with Crippen molar-refractivity contribution in [2.24, 2.45) is 5.11 Å². The molecule has 0 aliphatic carbocycles. The van der Waals surface area contributed by atoms with Crippen LogP contribution in [-0.2, 0) is 6.67 Å². The summed E-state index contributed by atoms with van der Waals surface area (Å²) in [6.45, 7) is 0.313. The first kappa shape index (κ1) is 10.1. The molecular weight excluding hydrogens is 202 g/mol. The predicted octanol–water partition coefficient (Wildman–Crippen LogP) is 2.30. The van der Waals surface area contributed by atoms with Crippen LogP contribution in [0.25, 0.3) is 21.6 Å². The molecule has 78 valence electrons. The van der Waals surface area contributed by atoms with Gasteiger partial charge in [0.25, 0.3) is 0 Å². The van der Waals surface area contributed by atoms with Gasteiger partial charge in [0.2, 0.25) is 6.67 Å². The summed E-state index contributed by atoms with van der Waals surface area (Å²) in [6.07, 6.45) is 7.28. The van der Waals surface area contributed by atoms with E-state index in [4.69, 9.17) is 5.53 Å². The van der Waals surface area contributed by atoms with Crippen LogP contribution in [0.3, 0.4) is 0 Å². The summed E-state index contributed by atoms with van der Waals surface area (Å²) in [5.74, 6) is 0. The summed E-state index contributed by atoms with van der Waals surface area (Å²) in [5, 5.41) is 3.48. The average molecular weight is 212 g/mol. The van der Waals surface area contributed by atoms with E-state index in [1.807, 2.05) is 41.2 Å². The molecule has 2 aromatic rings. The summed E-state index contributed by atoms with van der Waals surface area (Å²) in [7, 11) is 0. The van der Waals surface area contributed by atoms with E-state index in [0.29, 0.717) is 6.67 Å². The second-order valence-corrected chi connectivity index (χ2v) is 3.21. The number of hydrogen-bond donors (Lipinski definition) is 0. The van der Waals surface area contributed by atoms with Crippen molar-refractivity contribution < 1.29 is 4.57 Å². The summed E-state index contributed by atoms with van der Waals surface area (Å²) in [4.78, 5) is 6.68. The monoisotopic (exact) mass is 212 g/mol. The zero-order valence-electron chi connectivity index (χ0n) is 8.56. The van der Waals surface area contributed by atoms with Gasteiger partial charge >= 0.3 is 0 Å². The van der Waals surface area contributed by atoms with Gasteiger partial charge in [-0.2, -0.15) is 4.57 Å². The third-order valence-electron chi connectivity index (χ3n) is 2.19. The molecule has 2 rings (SSSR count). The average Bonchev–Trinajstić information content (AvgIpc) is 2.38. The van der Waals surface area contributed by atoms with E-state index in [1.54, 1.807) is 12.4 Å². The predicted molar refractivity (Wildman–Crippen MR) is 59.0 cm³/mol. The quantitative estimate of drug-likeness (QED) is 0.333. The minimum absolute atomic E-state index is 0.313. The Kier molecular flexibility index (Phi) is 3.11. The van der Waals surface area contributed by atoms with Gasteiger partial charge in [-0.15, -0.1) is 0 Å². The Hall–Kier alpha value is -2.39. The van der Waals surface area contributed by atoms with Crippen LogP contribution in [0.5, 0.6) is 0 Å². The molecule has 0 saturated carbocycles. The first-order chi connectivity index (χ1) is 7.90. The summed E-state index contributed by atoms with van der Waals surface area (Å²) in [5.41, 5.74) is 10.4. The Morgan fingerprint density at radius 3 is 2.38 bits per heavy atom. The number of nitrogens with zero attached hydrogens (tertiary/aromatic N) is 5. The molecule has 0 bridgehead atoms. The van der Waals surface area contributed by atoms with Gasteiger partial charge in [-0.25, -0.2) is 0 Å². The molecule has 0 spiro atoms. The highest BCUT2D eigenvalue weighted by molar-refractivity contribution is 5.61. The van der Waals surface area contributed by atoms with E-state index >= 15 is 0 Å². The van der Waals surface area contributed by atoms with E-state index in [0.717, 1.165) is 11.1 Å². The minimum Gasteiger partial charge on any atom is -0.265 e. The lowest BCUT2D eigenvalue weighted by molar-refractivity contribution is -0.695. The lowest BCUT2D eigenvalue weighted by atomic mass is 10.1. The molecule has 0 radical (unpaired) electrons. The highest BCUT2D eigenvalue weighted by Gasteiger charge is 2.00. The number of aromatic nitrogens is 2. The van der Waals surface area contributed by atoms with Crippen molar-refractivity contribution in [3.05, 3.63) is 59.5 Å². The molecular formula is C11H10N5+. The fourth-order valence-corrected chi connectivity index (χ4v) is 1.39. The zero-order valence-corrected chi connectivity index (χ0v) is 8.56. The number of pyridine rings is 2. The zero-order chi connectivity index (χ0) is 11.2. The third-order valence-corrected chi connectivity index (χ3v) is 2.19. The topological polar surface area (TPSA) is 65.5 Å². The van der Waals surface area contributed by atoms with Crippen molar-refractivity contribution in [3.8, 4) is 11.1 Å². The maximum absolute atomic E-state index is 8.20. The third kappa shape index (κ3) is 2.34. The van der Waals surface area contributed by atoms with E-state index in [-0.39, 0.29) is 0 Å². The molecule has 0 aliphatic heterocycles. The van der Waals surface area contributed by atoms with Gasteiger partial charge < -0.3 is 0 Å². The Bertz CT molecular complexity index is 500. The van der Waals surface area contributed by atoms with Crippen molar-refractivity contribution in [3.63, 3.8) is 0 Å². The van der Waals surface area contributed by atoms with E-state index in [1.165, 1.54) is 0 Å². The van der Waals surface area contributed by atoms with Crippen LogP contribution in [0.4, 0.5) is 0 Å². The fourth-order valence-electron chi connectivity index (χ4n) is 1.39. The van der Waals surface area contributed by atoms with Crippen LogP contribution in [0.2, 0.25) is 0 Å². The SMILES string of the molecule is [N-]=[N+]=NC[n+]1ccc(-c2ccncc2)cc1. The molecule has 2 heterocycles. The van der Waals surface area contributed by atoms with Crippen LogP contribution in [0.15, 0.2) is 54.2 Å². The summed E-state index contributed by atoms with van der Waals surface area (Å²) in [6, 6.07) is 7.85. The molecule has 0 amide bonds. The van der Waals surface area contributed by atoms with Crippen molar-refractivity contribution in [2.75, 3.05) is 0 Å². The molecule has 16 heavy (non-hydrogen) atoms. The molecule has 0 unspecified atom stereocenters. The Balaban J connectivity index is 2.23. The molecule has 0 fully saturated rings. The lowest BCUT2D eigenvalue weighted by Crippen LogP contribution is -2.30. The van der Waals surface area contributed by atoms with Gasteiger partial charge in [-0.1, -0.05) is 0 Å². The molecule has 0 atom stereocenters. The van der Waals surface area contributed by atoms with Crippen molar-refractivity contribution in [1.29, 1.82) is 0 Å². The Labute approximate surface area is 92.6 Å². The fraction of sp³-hybridized carbons (Fsp3) is 0.0909. The first-order valence-corrected chi connectivity index (χ1v) is 4.80. The van der Waals surface area contributed by atoms with Gasteiger partial charge in [0, 0.05) is 29.4 Å². The molecule has 0 aromatic carbocycles. The largest absolute Gasteiger partial charge is 0.265 e. The summed E-state index contributed by atoms with van der Waals surface area (Å²) >= 11 is 0. The molecule has 5 heteroatoms. The molecule has 0 saturated heterocycles. The lowest BCUT2D eigenvalue weighted by Gasteiger charge is -1.98. The Morgan fingerprint density at radius 2 is 1.75 bits per heavy atom. The van der Waals surface area contributed by atoms with Crippen LogP contribution in [-0.4, -0.2) is 4.98 Å². The van der Waals surface area contributed by atoms with E-state index in [2.05, 4.69) is 15.0 Å². The highest BCUT2D eigenvalue weighted by Crippen LogP contribution is 2.15. The van der Waals surface area contributed by atoms with Crippen LogP contribution < -0.4 is 4.57 Å². The Morgan fingerprint density at radius 1 is 1.12 bits per heavy atom. The van der Waals surface area contributed by atoms with Crippen molar-refractivity contribution >= 4 is 0 Å². The minimum atomic E-state index is 0.313. The smallest absolute Gasteiger partial charge is 0.227 e. The van der Waals surface area contributed by atoms with Gasteiger partial charge in [0.05, 0.1) is 0 Å². The maximum atomic E-state index is 8.20. The van der Waals surface area contributed by atoms with Crippen molar-refractivity contribution in [2.45, 2.75) is 6.67 Å². The van der Waals surface area contributed by atoms with E-state index in [9.17, 15) is 0 Å². The maximum Gasteiger partial charge on any atom is 0.227 e. The normalized spacial score (nSPS) is 9.50. The van der Waals surface area contributed by atoms with Gasteiger partial charge in [0.1, 0.15) is 0 Å². The van der Waals surface area contributed by atoms with Gasteiger partial charge in [0.15, 0.2) is 12.4 Å². The molecule has 2 aromatic heterocycles. The molecule has 5 nitrogen and oxygen atoms in total. The van der Waals surface area contributed by atoms with Gasteiger partial charge in [-0.3, -0.25) is 4.98 Å². The summed E-state index contributed by atoms with van der Waals surface area (Å²) < 4.78 is 1.81.